The molecule has 10 atom stereocenters. The van der Waals surface area contributed by atoms with Gasteiger partial charge in [-0.2, -0.15) is 0 Å². The molecule has 0 bridgehead atoms. The average molecular weight is 322 g/mol. The van der Waals surface area contributed by atoms with Crippen LogP contribution in [0.5, 0.6) is 0 Å². The normalized spacial score (nSPS) is 53.5. The topological polar surface area (TPSA) is 118 Å². The fraction of sp³-hybridized carbons (Fsp3) is 1.00. The summed E-state index contributed by atoms with van der Waals surface area (Å²) in [6.45, 7) is 5.04. The number of hydrogen-bond acceptors (Lipinski definition) is 8. The second-order valence-electron chi connectivity index (χ2n) is 6.02. The van der Waals surface area contributed by atoms with Crippen molar-refractivity contribution in [2.45, 2.75) is 82.0 Å². The second-order valence-corrected chi connectivity index (χ2v) is 6.02. The predicted molar refractivity (Wildman–Crippen MR) is 74.0 cm³/mol. The Hall–Kier alpha value is -0.320. The molecule has 0 radical (unpaired) electrons. The first-order valence-electron chi connectivity index (χ1n) is 7.49. The van der Waals surface area contributed by atoms with Gasteiger partial charge in [0.05, 0.1) is 18.3 Å². The number of ether oxygens (including phenoxy) is 4. The number of methoxy groups -OCH3 is 1. The molecule has 0 aromatic rings. The van der Waals surface area contributed by atoms with Gasteiger partial charge in [-0.25, -0.2) is 0 Å². The van der Waals surface area contributed by atoms with Gasteiger partial charge in [-0.15, -0.1) is 0 Å². The zero-order valence-corrected chi connectivity index (χ0v) is 13.2. The molecule has 2 fully saturated rings. The van der Waals surface area contributed by atoms with Crippen molar-refractivity contribution in [1.82, 2.24) is 0 Å². The summed E-state index contributed by atoms with van der Waals surface area (Å²) in [5.41, 5.74) is 0. The van der Waals surface area contributed by atoms with Crippen LogP contribution in [0.15, 0.2) is 0 Å². The molecule has 130 valence electrons. The van der Waals surface area contributed by atoms with E-state index in [1.807, 2.05) is 0 Å². The van der Waals surface area contributed by atoms with E-state index in [-0.39, 0.29) is 0 Å². The van der Waals surface area contributed by atoms with Gasteiger partial charge >= 0.3 is 0 Å². The summed E-state index contributed by atoms with van der Waals surface area (Å²) in [6, 6.07) is 0. The highest BCUT2D eigenvalue weighted by Gasteiger charge is 2.48. The van der Waals surface area contributed by atoms with Crippen molar-refractivity contribution in [3.05, 3.63) is 0 Å². The lowest BCUT2D eigenvalue weighted by atomic mass is 9.95. The molecule has 0 aliphatic carbocycles. The summed E-state index contributed by atoms with van der Waals surface area (Å²) in [6.07, 6.45) is -9.04. The van der Waals surface area contributed by atoms with Crippen LogP contribution in [0.1, 0.15) is 20.8 Å². The highest BCUT2D eigenvalue weighted by Crippen LogP contribution is 2.29. The Kier molecular flexibility index (Phi) is 5.79. The van der Waals surface area contributed by atoms with E-state index in [1.54, 1.807) is 20.8 Å². The lowest BCUT2D eigenvalue weighted by molar-refractivity contribution is -0.335. The third-order valence-electron chi connectivity index (χ3n) is 4.40. The summed E-state index contributed by atoms with van der Waals surface area (Å²) in [5.74, 6) is 0. The molecule has 2 aliphatic rings. The fourth-order valence-electron chi connectivity index (χ4n) is 3.04. The van der Waals surface area contributed by atoms with E-state index in [9.17, 15) is 20.4 Å². The van der Waals surface area contributed by atoms with Gasteiger partial charge in [0.15, 0.2) is 6.29 Å². The van der Waals surface area contributed by atoms with Crippen LogP contribution in [-0.4, -0.2) is 88.8 Å². The Balaban J connectivity index is 2.06. The highest BCUT2D eigenvalue weighted by atomic mass is 16.7. The number of hydrogen-bond donors (Lipinski definition) is 4. The van der Waals surface area contributed by atoms with Gasteiger partial charge < -0.3 is 39.4 Å². The Morgan fingerprint density at radius 3 is 1.82 bits per heavy atom. The Morgan fingerprint density at radius 2 is 1.23 bits per heavy atom. The van der Waals surface area contributed by atoms with Crippen LogP contribution in [0, 0.1) is 0 Å². The van der Waals surface area contributed by atoms with Gasteiger partial charge in [0, 0.05) is 7.11 Å². The van der Waals surface area contributed by atoms with E-state index in [0.29, 0.717) is 0 Å². The molecule has 4 N–H and O–H groups in total. The van der Waals surface area contributed by atoms with Gasteiger partial charge in [0.2, 0.25) is 0 Å². The molecule has 8 nitrogen and oxygen atoms in total. The second kappa shape index (κ2) is 7.06. The maximum atomic E-state index is 10.1. The first-order chi connectivity index (χ1) is 10.3. The molecular weight excluding hydrogens is 296 g/mol. The Labute approximate surface area is 129 Å². The van der Waals surface area contributed by atoms with Crippen LogP contribution in [0.3, 0.4) is 0 Å². The van der Waals surface area contributed by atoms with Gasteiger partial charge in [-0.3, -0.25) is 0 Å². The van der Waals surface area contributed by atoms with Crippen LogP contribution < -0.4 is 0 Å². The van der Waals surface area contributed by atoms with E-state index >= 15 is 0 Å². The van der Waals surface area contributed by atoms with E-state index in [1.165, 1.54) is 7.11 Å². The van der Waals surface area contributed by atoms with Crippen molar-refractivity contribution < 1.29 is 39.4 Å². The van der Waals surface area contributed by atoms with Crippen molar-refractivity contribution >= 4 is 0 Å². The Bertz CT molecular complexity index is 367. The molecule has 2 aliphatic heterocycles. The summed E-state index contributed by atoms with van der Waals surface area (Å²) in [5, 5.41) is 40.2. The maximum absolute atomic E-state index is 10.1. The van der Waals surface area contributed by atoms with Gasteiger partial charge in [0.1, 0.15) is 36.6 Å². The van der Waals surface area contributed by atoms with Crippen LogP contribution in [0.25, 0.3) is 0 Å². The molecule has 2 saturated heterocycles. The third-order valence-corrected chi connectivity index (χ3v) is 4.40. The zero-order chi connectivity index (χ0) is 16.6. The van der Waals surface area contributed by atoms with Gasteiger partial charge in [-0.05, 0) is 20.8 Å². The molecule has 8 heteroatoms. The van der Waals surface area contributed by atoms with Crippen molar-refractivity contribution in [1.29, 1.82) is 0 Å². The van der Waals surface area contributed by atoms with Crippen molar-refractivity contribution in [3.8, 4) is 0 Å². The van der Waals surface area contributed by atoms with E-state index < -0.39 is 61.2 Å². The minimum absolute atomic E-state index is 0.503. The minimum Gasteiger partial charge on any atom is -0.388 e. The predicted octanol–water partition coefficient (Wildman–Crippen LogP) is -1.62. The molecule has 22 heavy (non-hydrogen) atoms. The summed E-state index contributed by atoms with van der Waals surface area (Å²) in [4.78, 5) is 0. The molecule has 0 aromatic carbocycles. The average Bonchev–Trinajstić information content (AvgIpc) is 2.46. The van der Waals surface area contributed by atoms with Crippen LogP contribution >= 0.6 is 0 Å². The summed E-state index contributed by atoms with van der Waals surface area (Å²) in [7, 11) is 1.42. The zero-order valence-electron chi connectivity index (χ0n) is 13.2. The van der Waals surface area contributed by atoms with E-state index in [4.69, 9.17) is 18.9 Å². The number of aliphatic hydroxyl groups excluding tert-OH is 4. The van der Waals surface area contributed by atoms with Crippen LogP contribution in [0.2, 0.25) is 0 Å². The smallest absolute Gasteiger partial charge is 0.187 e. The van der Waals surface area contributed by atoms with Crippen LogP contribution in [-0.2, 0) is 18.9 Å². The monoisotopic (exact) mass is 322 g/mol. The molecule has 2 rings (SSSR count). The van der Waals surface area contributed by atoms with Gasteiger partial charge in [-0.1, -0.05) is 0 Å². The highest BCUT2D eigenvalue weighted by molar-refractivity contribution is 4.93. The van der Waals surface area contributed by atoms with Gasteiger partial charge in [0.25, 0.3) is 0 Å². The van der Waals surface area contributed by atoms with Crippen molar-refractivity contribution in [2.75, 3.05) is 7.11 Å². The number of rotatable bonds is 3. The minimum atomic E-state index is -1.34. The molecule has 2 heterocycles. The summed E-state index contributed by atoms with van der Waals surface area (Å²) < 4.78 is 21.7. The molecule has 0 aromatic heterocycles. The molecule has 5 unspecified atom stereocenters. The first kappa shape index (κ1) is 18.0. The number of aliphatic hydroxyl groups is 4. The third kappa shape index (κ3) is 3.29. The largest absolute Gasteiger partial charge is 0.388 e. The maximum Gasteiger partial charge on any atom is 0.187 e. The molecular formula is C14H26O8. The van der Waals surface area contributed by atoms with E-state index in [2.05, 4.69) is 0 Å². The first-order valence-corrected chi connectivity index (χ1v) is 7.49. The molecule has 0 amide bonds. The Morgan fingerprint density at radius 1 is 0.682 bits per heavy atom. The molecule has 0 saturated carbocycles. The SMILES string of the molecule is CO[C@H]1C(C)O[C@@H](O[C@H]2C(C)OC(C)C(O)[C@H]2O)C(O)[C@@H]1O. The quantitative estimate of drug-likeness (QED) is 0.490. The lowest BCUT2D eigenvalue weighted by Gasteiger charge is -2.45. The fourth-order valence-corrected chi connectivity index (χ4v) is 3.04. The van der Waals surface area contributed by atoms with Crippen LogP contribution in [0.4, 0.5) is 0 Å². The lowest BCUT2D eigenvalue weighted by Crippen LogP contribution is -2.62. The van der Waals surface area contributed by atoms with Crippen molar-refractivity contribution in [2.24, 2.45) is 0 Å². The van der Waals surface area contributed by atoms with Crippen molar-refractivity contribution in [3.63, 3.8) is 0 Å². The van der Waals surface area contributed by atoms with E-state index in [0.717, 1.165) is 0 Å². The summed E-state index contributed by atoms with van der Waals surface area (Å²) >= 11 is 0. The standard InChI is InChI=1S/C14H26O8/c1-5-8(15)9(16)13(7(3)20-5)22-14-11(18)10(17)12(19-4)6(2)21-14/h5-18H,1-4H3/t5?,6?,7?,8?,9-,10+,11?,12+,13+,14+/m1/s1. The molecule has 0 spiro atoms.